The largest absolute Gasteiger partial charge is 0.395 e. The number of benzene rings is 1. The number of carbonyl (C=O) groups excluding carboxylic acids is 1. The number of likely N-dealkylation sites (N-methyl/N-ethyl adjacent to an activating group) is 1. The summed E-state index contributed by atoms with van der Waals surface area (Å²) >= 11 is 1.55. The van der Waals surface area contributed by atoms with Crippen LogP contribution in [0.4, 0.5) is 0 Å². The van der Waals surface area contributed by atoms with Gasteiger partial charge in [0, 0.05) is 18.5 Å². The highest BCUT2D eigenvalue weighted by Crippen LogP contribution is 2.23. The van der Waals surface area contributed by atoms with Gasteiger partial charge in [0.15, 0.2) is 0 Å². The van der Waals surface area contributed by atoms with Crippen molar-refractivity contribution in [3.8, 4) is 0 Å². The number of carbonyl (C=O) groups is 1. The summed E-state index contributed by atoms with van der Waals surface area (Å²) in [6, 6.07) is 6.23. The minimum absolute atomic E-state index is 0.0103. The summed E-state index contributed by atoms with van der Waals surface area (Å²) < 4.78 is 0. The van der Waals surface area contributed by atoms with E-state index < -0.39 is 0 Å². The second-order valence-electron chi connectivity index (χ2n) is 4.10. The molecule has 0 spiro atoms. The van der Waals surface area contributed by atoms with Crippen LogP contribution in [0.1, 0.15) is 11.1 Å². The molecule has 0 unspecified atom stereocenters. The monoisotopic (exact) mass is 253 g/mol. The van der Waals surface area contributed by atoms with Crippen LogP contribution in [-0.2, 0) is 4.79 Å². The van der Waals surface area contributed by atoms with Crippen LogP contribution in [0.2, 0.25) is 0 Å². The molecule has 0 saturated heterocycles. The Kier molecular flexibility index (Phi) is 5.51. The molecule has 3 nitrogen and oxygen atoms in total. The molecule has 0 saturated carbocycles. The Balaban J connectivity index is 2.55. The van der Waals surface area contributed by atoms with Gasteiger partial charge >= 0.3 is 0 Å². The highest BCUT2D eigenvalue weighted by Gasteiger charge is 2.09. The van der Waals surface area contributed by atoms with Gasteiger partial charge in [-0.25, -0.2) is 0 Å². The molecular formula is C13H19NO2S. The van der Waals surface area contributed by atoms with Gasteiger partial charge in [-0.05, 0) is 25.5 Å². The molecule has 0 fully saturated rings. The maximum atomic E-state index is 11.7. The molecule has 1 aromatic rings. The molecule has 0 aliphatic rings. The van der Waals surface area contributed by atoms with Gasteiger partial charge in [-0.1, -0.05) is 17.7 Å². The smallest absolute Gasteiger partial charge is 0.232 e. The second-order valence-corrected chi connectivity index (χ2v) is 5.11. The molecule has 1 aromatic carbocycles. The van der Waals surface area contributed by atoms with Crippen molar-refractivity contribution in [2.75, 3.05) is 26.0 Å². The lowest BCUT2D eigenvalue weighted by Crippen LogP contribution is -2.30. The SMILES string of the molecule is Cc1ccc(C)c(SCC(=O)N(C)CCO)c1. The summed E-state index contributed by atoms with van der Waals surface area (Å²) in [5.41, 5.74) is 2.40. The van der Waals surface area contributed by atoms with E-state index in [1.54, 1.807) is 23.7 Å². The molecule has 0 bridgehead atoms. The summed E-state index contributed by atoms with van der Waals surface area (Å²) in [4.78, 5) is 14.4. The number of nitrogens with zero attached hydrogens (tertiary/aromatic N) is 1. The van der Waals surface area contributed by atoms with Gasteiger partial charge in [-0.15, -0.1) is 11.8 Å². The number of aryl methyl sites for hydroxylation is 2. The van der Waals surface area contributed by atoms with Crippen molar-refractivity contribution in [3.63, 3.8) is 0 Å². The van der Waals surface area contributed by atoms with Gasteiger partial charge in [0.05, 0.1) is 12.4 Å². The molecule has 4 heteroatoms. The molecule has 0 heterocycles. The molecule has 1 amide bonds. The third-order valence-electron chi connectivity index (χ3n) is 2.56. The third-order valence-corrected chi connectivity index (χ3v) is 3.70. The summed E-state index contributed by atoms with van der Waals surface area (Å²) in [6.07, 6.45) is 0. The van der Waals surface area contributed by atoms with Crippen molar-refractivity contribution in [3.05, 3.63) is 29.3 Å². The van der Waals surface area contributed by atoms with Crippen LogP contribution < -0.4 is 0 Å². The van der Waals surface area contributed by atoms with Crippen molar-refractivity contribution >= 4 is 17.7 Å². The van der Waals surface area contributed by atoms with Crippen LogP contribution in [0.25, 0.3) is 0 Å². The first-order valence-corrected chi connectivity index (χ1v) is 6.58. The van der Waals surface area contributed by atoms with E-state index in [9.17, 15) is 4.79 Å². The summed E-state index contributed by atoms with van der Waals surface area (Å²) in [7, 11) is 1.71. The van der Waals surface area contributed by atoms with Gasteiger partial charge in [0.25, 0.3) is 0 Å². The average molecular weight is 253 g/mol. The zero-order valence-electron chi connectivity index (χ0n) is 10.6. The Morgan fingerprint density at radius 1 is 1.41 bits per heavy atom. The highest BCUT2D eigenvalue weighted by atomic mass is 32.2. The molecule has 94 valence electrons. The van der Waals surface area contributed by atoms with Crippen LogP contribution in [0.3, 0.4) is 0 Å². The average Bonchev–Trinajstić information content (AvgIpc) is 2.30. The molecule has 0 radical (unpaired) electrons. The molecule has 1 rings (SSSR count). The van der Waals surface area contributed by atoms with Crippen molar-refractivity contribution in [2.45, 2.75) is 18.7 Å². The normalized spacial score (nSPS) is 10.4. The lowest BCUT2D eigenvalue weighted by Gasteiger charge is -2.15. The number of rotatable bonds is 5. The van der Waals surface area contributed by atoms with E-state index >= 15 is 0 Å². The van der Waals surface area contributed by atoms with E-state index in [0.29, 0.717) is 12.3 Å². The van der Waals surface area contributed by atoms with Crippen LogP contribution >= 0.6 is 11.8 Å². The highest BCUT2D eigenvalue weighted by molar-refractivity contribution is 8.00. The lowest BCUT2D eigenvalue weighted by molar-refractivity contribution is -0.127. The third kappa shape index (κ3) is 4.40. The standard InChI is InChI=1S/C13H19NO2S/c1-10-4-5-11(2)12(8-10)17-9-13(16)14(3)6-7-15/h4-5,8,15H,6-7,9H2,1-3H3. The zero-order valence-corrected chi connectivity index (χ0v) is 11.4. The Labute approximate surface area is 107 Å². The van der Waals surface area contributed by atoms with Crippen LogP contribution in [0.5, 0.6) is 0 Å². The van der Waals surface area contributed by atoms with Crippen molar-refractivity contribution in [1.29, 1.82) is 0 Å². The molecular weight excluding hydrogens is 234 g/mol. The summed E-state index contributed by atoms with van der Waals surface area (Å²) in [5, 5.41) is 8.75. The Hall–Kier alpha value is -1.00. The molecule has 0 aromatic heterocycles. The first kappa shape index (κ1) is 14.1. The van der Waals surface area contributed by atoms with Gasteiger partial charge in [-0.3, -0.25) is 4.79 Å². The quantitative estimate of drug-likeness (QED) is 0.814. The van der Waals surface area contributed by atoms with E-state index in [2.05, 4.69) is 18.2 Å². The van der Waals surface area contributed by atoms with Gasteiger partial charge < -0.3 is 10.0 Å². The van der Waals surface area contributed by atoms with E-state index in [0.717, 1.165) is 4.90 Å². The fourth-order valence-electron chi connectivity index (χ4n) is 1.39. The number of aliphatic hydroxyl groups excluding tert-OH is 1. The fourth-order valence-corrected chi connectivity index (χ4v) is 2.45. The van der Waals surface area contributed by atoms with Crippen molar-refractivity contribution in [2.24, 2.45) is 0 Å². The van der Waals surface area contributed by atoms with Crippen LogP contribution in [-0.4, -0.2) is 41.9 Å². The van der Waals surface area contributed by atoms with Gasteiger partial charge in [0.2, 0.25) is 5.91 Å². The number of hydrogen-bond donors (Lipinski definition) is 1. The van der Waals surface area contributed by atoms with Gasteiger partial charge in [0.1, 0.15) is 0 Å². The topological polar surface area (TPSA) is 40.5 Å². The second kappa shape index (κ2) is 6.67. The van der Waals surface area contributed by atoms with Gasteiger partial charge in [-0.2, -0.15) is 0 Å². The molecule has 0 aliphatic heterocycles. The minimum atomic E-state index is 0.0103. The maximum Gasteiger partial charge on any atom is 0.232 e. The lowest BCUT2D eigenvalue weighted by atomic mass is 10.2. The van der Waals surface area contributed by atoms with E-state index in [1.807, 2.05) is 13.8 Å². The molecule has 0 atom stereocenters. The predicted molar refractivity (Wildman–Crippen MR) is 71.4 cm³/mol. The number of hydrogen-bond acceptors (Lipinski definition) is 3. The van der Waals surface area contributed by atoms with Crippen LogP contribution in [0.15, 0.2) is 23.1 Å². The Morgan fingerprint density at radius 2 is 2.12 bits per heavy atom. The first-order valence-electron chi connectivity index (χ1n) is 5.59. The van der Waals surface area contributed by atoms with E-state index in [4.69, 9.17) is 5.11 Å². The molecule has 1 N–H and O–H groups in total. The summed E-state index contributed by atoms with van der Waals surface area (Å²) in [6.45, 7) is 4.50. The van der Waals surface area contributed by atoms with Crippen LogP contribution in [0, 0.1) is 13.8 Å². The Morgan fingerprint density at radius 3 is 2.76 bits per heavy atom. The fraction of sp³-hybridized carbons (Fsp3) is 0.462. The number of amides is 1. The maximum absolute atomic E-state index is 11.7. The van der Waals surface area contributed by atoms with E-state index in [-0.39, 0.29) is 12.5 Å². The Bertz CT molecular complexity index is 393. The number of thioether (sulfide) groups is 1. The molecule has 17 heavy (non-hydrogen) atoms. The summed E-state index contributed by atoms with van der Waals surface area (Å²) in [5.74, 6) is 0.464. The van der Waals surface area contributed by atoms with Crippen molar-refractivity contribution < 1.29 is 9.90 Å². The van der Waals surface area contributed by atoms with E-state index in [1.165, 1.54) is 11.1 Å². The molecule has 0 aliphatic carbocycles. The minimum Gasteiger partial charge on any atom is -0.395 e. The van der Waals surface area contributed by atoms with Crippen molar-refractivity contribution in [1.82, 2.24) is 4.90 Å². The zero-order chi connectivity index (χ0) is 12.8. The number of aliphatic hydroxyl groups is 1. The predicted octanol–water partition coefficient (Wildman–Crippen LogP) is 1.85. The first-order chi connectivity index (χ1) is 8.04.